The molecule has 0 unspecified atom stereocenters. The molecule has 0 saturated carbocycles. The van der Waals surface area contributed by atoms with Gasteiger partial charge in [-0.3, -0.25) is 4.79 Å². The Labute approximate surface area is 284 Å². The molecule has 0 aliphatic rings. The smallest absolute Gasteiger partial charge is 0.308 e. The number of halogens is 1. The molecule has 0 amide bonds. The lowest BCUT2D eigenvalue weighted by Crippen LogP contribution is -2.15. The Morgan fingerprint density at radius 1 is 0.378 bits per heavy atom. The van der Waals surface area contributed by atoms with E-state index in [1.807, 2.05) is 0 Å². The Bertz CT molecular complexity index is 564. The number of carbonyl (C=O) groups is 1. The largest absolute Gasteiger partial charge is 0.466 e. The van der Waals surface area contributed by atoms with Gasteiger partial charge >= 0.3 is 5.97 Å². The van der Waals surface area contributed by atoms with Gasteiger partial charge in [0.2, 0.25) is 0 Å². The normalized spacial score (nSPS) is 11.4. The molecule has 0 aromatic heterocycles. The minimum absolute atomic E-state index is 0.249. The van der Waals surface area contributed by atoms with Crippen molar-refractivity contribution in [3.63, 3.8) is 0 Å². The number of ether oxygens (including phenoxy) is 12. The van der Waals surface area contributed by atoms with Crippen LogP contribution in [0.5, 0.6) is 0 Å². The van der Waals surface area contributed by atoms with Gasteiger partial charge in [-0.25, -0.2) is 0 Å². The molecule has 0 aliphatic heterocycles. The van der Waals surface area contributed by atoms with Gasteiger partial charge in [0.25, 0.3) is 0 Å². The summed E-state index contributed by atoms with van der Waals surface area (Å²) in [6.07, 6.45) is 5.23. The molecule has 0 N–H and O–H groups in total. The third-order valence-electron chi connectivity index (χ3n) is 5.65. The van der Waals surface area contributed by atoms with Crippen molar-refractivity contribution >= 4 is 28.6 Å². The van der Waals surface area contributed by atoms with E-state index in [4.69, 9.17) is 56.8 Å². The maximum atomic E-state index is 11.1. The highest BCUT2D eigenvalue weighted by molar-refractivity contribution is 14.1. The van der Waals surface area contributed by atoms with Gasteiger partial charge in [0.1, 0.15) is 0 Å². The molecule has 0 radical (unpaired) electrons. The van der Waals surface area contributed by atoms with Crippen LogP contribution in [0.4, 0.5) is 0 Å². The van der Waals surface area contributed by atoms with Gasteiger partial charge in [-0.2, -0.15) is 0 Å². The lowest BCUT2D eigenvalue weighted by molar-refractivity contribution is -0.144. The van der Waals surface area contributed by atoms with Crippen LogP contribution in [0.1, 0.15) is 39.0 Å². The molecule has 0 atom stereocenters. The van der Waals surface area contributed by atoms with E-state index in [-0.39, 0.29) is 12.4 Å². The van der Waals surface area contributed by atoms with E-state index in [9.17, 15) is 4.79 Å². The van der Waals surface area contributed by atoms with Crippen LogP contribution in [-0.4, -0.2) is 162 Å². The minimum Gasteiger partial charge on any atom is -0.466 e. The molecular weight excluding hydrogens is 707 g/mol. The molecule has 0 saturated heterocycles. The van der Waals surface area contributed by atoms with Crippen molar-refractivity contribution < 1.29 is 61.6 Å². The van der Waals surface area contributed by atoms with Crippen LogP contribution in [0.25, 0.3) is 0 Å². The number of esters is 1. The second-order valence-electron chi connectivity index (χ2n) is 9.39. The maximum Gasteiger partial charge on any atom is 0.308 e. The molecule has 0 aliphatic carbocycles. The molecule has 0 bridgehead atoms. The fraction of sp³-hybridized carbons (Fsp3) is 0.968. The summed E-state index contributed by atoms with van der Waals surface area (Å²) in [6.45, 7) is 13.7. The molecule has 14 heteroatoms. The van der Waals surface area contributed by atoms with Crippen molar-refractivity contribution in [2.24, 2.45) is 0 Å². The lowest BCUT2D eigenvalue weighted by Gasteiger charge is -2.09. The Morgan fingerprint density at radius 2 is 0.644 bits per heavy atom. The van der Waals surface area contributed by atoms with Gasteiger partial charge in [0.05, 0.1) is 152 Å². The third-order valence-corrected chi connectivity index (χ3v) is 6.41. The number of rotatable bonds is 40. The summed E-state index contributed by atoms with van der Waals surface area (Å²) in [4.78, 5) is 11.1. The first-order valence-corrected chi connectivity index (χ1v) is 17.9. The van der Waals surface area contributed by atoms with E-state index in [0.717, 1.165) is 13.0 Å². The first-order valence-electron chi connectivity index (χ1n) is 16.4. The number of unbranched alkanes of at least 4 members (excludes halogenated alkanes) is 3. The number of hydrogen-bond acceptors (Lipinski definition) is 13. The van der Waals surface area contributed by atoms with Crippen LogP contribution < -0.4 is 0 Å². The van der Waals surface area contributed by atoms with Crippen LogP contribution in [0.2, 0.25) is 0 Å². The molecule has 0 spiro atoms. The average molecular weight is 769 g/mol. The van der Waals surface area contributed by atoms with E-state index in [1.54, 1.807) is 6.92 Å². The van der Waals surface area contributed by atoms with Crippen LogP contribution in [0, 0.1) is 0 Å². The quantitative estimate of drug-likeness (QED) is 0.0393. The average Bonchev–Trinajstić information content (AvgIpc) is 3.04. The number of carbonyl (C=O) groups excluding carboxylic acids is 1. The van der Waals surface area contributed by atoms with E-state index in [0.29, 0.717) is 145 Å². The lowest BCUT2D eigenvalue weighted by atomic mass is 10.2. The summed E-state index contributed by atoms with van der Waals surface area (Å²) in [7, 11) is 0. The highest BCUT2D eigenvalue weighted by atomic mass is 127. The van der Waals surface area contributed by atoms with Crippen molar-refractivity contribution in [2.75, 3.05) is 156 Å². The summed E-state index contributed by atoms with van der Waals surface area (Å²) in [5.74, 6) is -0.249. The Balaban J connectivity index is 3.05. The van der Waals surface area contributed by atoms with Crippen LogP contribution in [0.3, 0.4) is 0 Å². The summed E-state index contributed by atoms with van der Waals surface area (Å²) >= 11 is 2.42. The molecule has 0 aromatic rings. The minimum atomic E-state index is -0.249. The van der Waals surface area contributed by atoms with Crippen molar-refractivity contribution in [1.82, 2.24) is 0 Å². The second-order valence-corrected chi connectivity index (χ2v) is 10.5. The summed E-state index contributed by atoms with van der Waals surface area (Å²) < 4.78 is 66.1. The molecule has 0 fully saturated rings. The van der Waals surface area contributed by atoms with Gasteiger partial charge in [-0.1, -0.05) is 35.4 Å². The van der Waals surface area contributed by atoms with Crippen molar-refractivity contribution in [3.05, 3.63) is 0 Å². The van der Waals surface area contributed by atoms with Gasteiger partial charge in [-0.15, -0.1) is 0 Å². The second kappa shape index (κ2) is 41.8. The molecule has 270 valence electrons. The fourth-order valence-corrected chi connectivity index (χ4v) is 3.88. The zero-order valence-electron chi connectivity index (χ0n) is 27.7. The van der Waals surface area contributed by atoms with Crippen LogP contribution >= 0.6 is 22.6 Å². The number of hydrogen-bond donors (Lipinski definition) is 0. The topological polar surface area (TPSA) is 128 Å². The zero-order chi connectivity index (χ0) is 32.6. The van der Waals surface area contributed by atoms with Gasteiger partial charge in [-0.05, 0) is 24.2 Å². The number of alkyl halides is 1. The Hall–Kier alpha value is -0.240. The maximum absolute atomic E-state index is 11.1. The van der Waals surface area contributed by atoms with Crippen LogP contribution in [-0.2, 0) is 61.6 Å². The zero-order valence-corrected chi connectivity index (χ0v) is 29.8. The molecule has 0 aromatic carbocycles. The Morgan fingerprint density at radius 3 is 0.933 bits per heavy atom. The monoisotopic (exact) mass is 768 g/mol. The first-order chi connectivity index (χ1) is 22.3. The van der Waals surface area contributed by atoms with Crippen molar-refractivity contribution in [2.45, 2.75) is 39.0 Å². The SMILES string of the molecule is CCOC(=O)CCOCCOCCOCCOCCOCCOCCOCCOCCOCCOCCOCCCCCCI. The third kappa shape index (κ3) is 41.7. The predicted molar refractivity (Wildman–Crippen MR) is 178 cm³/mol. The van der Waals surface area contributed by atoms with E-state index < -0.39 is 0 Å². The molecule has 13 nitrogen and oxygen atoms in total. The summed E-state index contributed by atoms with van der Waals surface area (Å²) in [6, 6.07) is 0. The molecule has 0 rings (SSSR count). The van der Waals surface area contributed by atoms with Crippen molar-refractivity contribution in [1.29, 1.82) is 0 Å². The van der Waals surface area contributed by atoms with Gasteiger partial charge in [0, 0.05) is 6.61 Å². The van der Waals surface area contributed by atoms with Gasteiger partial charge < -0.3 is 56.8 Å². The van der Waals surface area contributed by atoms with E-state index in [2.05, 4.69) is 22.6 Å². The van der Waals surface area contributed by atoms with Gasteiger partial charge in [0.15, 0.2) is 0 Å². The van der Waals surface area contributed by atoms with Crippen molar-refractivity contribution in [3.8, 4) is 0 Å². The standard InChI is InChI=1S/C31H61IO13/c1-2-45-31(33)7-10-35-12-14-37-16-18-39-20-22-41-24-26-43-28-30-44-29-27-42-25-23-40-21-19-38-17-15-36-13-11-34-9-6-4-3-5-8-32/h2-30H2,1H3. The molecule has 0 heterocycles. The summed E-state index contributed by atoms with van der Waals surface area (Å²) in [5.41, 5.74) is 0. The summed E-state index contributed by atoms with van der Waals surface area (Å²) in [5, 5.41) is 0. The van der Waals surface area contributed by atoms with E-state index >= 15 is 0 Å². The highest BCUT2D eigenvalue weighted by Crippen LogP contribution is 2.02. The van der Waals surface area contributed by atoms with E-state index in [1.165, 1.54) is 23.7 Å². The Kier molecular flexibility index (Phi) is 41.6. The molecule has 45 heavy (non-hydrogen) atoms. The van der Waals surface area contributed by atoms with Crippen LogP contribution in [0.15, 0.2) is 0 Å². The molecular formula is C31H61IO13. The predicted octanol–water partition coefficient (Wildman–Crippen LogP) is 3.12. The highest BCUT2D eigenvalue weighted by Gasteiger charge is 2.01. The first kappa shape index (κ1) is 44.8. The fourth-order valence-electron chi connectivity index (χ4n) is 3.34.